The molecule has 0 aromatic carbocycles. The summed E-state index contributed by atoms with van der Waals surface area (Å²) in [7, 11) is 6.54. The molecule has 4 heteroatoms. The molecular formula is C15H26N4. The van der Waals surface area contributed by atoms with Crippen molar-refractivity contribution < 1.29 is 0 Å². The van der Waals surface area contributed by atoms with Crippen molar-refractivity contribution in [3.05, 3.63) is 23.5 Å². The molecule has 106 valence electrons. The maximum absolute atomic E-state index is 5.83. The summed E-state index contributed by atoms with van der Waals surface area (Å²) in [6, 6.07) is 2.14. The van der Waals surface area contributed by atoms with Crippen LogP contribution in [0.5, 0.6) is 0 Å². The van der Waals surface area contributed by atoms with Crippen LogP contribution in [0.4, 0.5) is 5.69 Å². The van der Waals surface area contributed by atoms with E-state index >= 15 is 0 Å². The average molecular weight is 262 g/mol. The van der Waals surface area contributed by atoms with Gasteiger partial charge in [-0.05, 0) is 46.3 Å². The Balaban J connectivity index is 2.19. The Labute approximate surface area is 116 Å². The summed E-state index contributed by atoms with van der Waals surface area (Å²) in [4.78, 5) is 9.06. The fraction of sp³-hybridized carbons (Fsp3) is 0.667. The molecule has 0 unspecified atom stereocenters. The molecule has 0 radical (unpaired) electrons. The van der Waals surface area contributed by atoms with Crippen molar-refractivity contribution in [2.75, 3.05) is 32.6 Å². The summed E-state index contributed by atoms with van der Waals surface area (Å²) in [5, 5.41) is 0. The predicted octanol–water partition coefficient (Wildman–Crippen LogP) is 1.77. The number of likely N-dealkylation sites (N-methyl/N-ethyl adjacent to an activating group) is 2. The normalized spacial score (nSPS) is 17.4. The molecule has 0 aliphatic heterocycles. The highest BCUT2D eigenvalue weighted by molar-refractivity contribution is 5.53. The number of hydrogen-bond donors (Lipinski definition) is 1. The van der Waals surface area contributed by atoms with Crippen LogP contribution in [0.3, 0.4) is 0 Å². The molecule has 1 aromatic heterocycles. The number of nitrogens with zero attached hydrogens (tertiary/aromatic N) is 3. The Morgan fingerprint density at radius 1 is 1.32 bits per heavy atom. The second kappa shape index (κ2) is 5.47. The third-order valence-electron chi connectivity index (χ3n) is 4.49. The Bertz CT molecular complexity index is 438. The molecule has 2 N–H and O–H groups in total. The van der Waals surface area contributed by atoms with Gasteiger partial charge in [0.05, 0.1) is 0 Å². The second-order valence-electron chi connectivity index (χ2n) is 5.99. The summed E-state index contributed by atoms with van der Waals surface area (Å²) < 4.78 is 0. The summed E-state index contributed by atoms with van der Waals surface area (Å²) in [5.74, 6) is 0. The maximum Gasteiger partial charge on any atom is 0.0443 e. The van der Waals surface area contributed by atoms with Gasteiger partial charge in [-0.25, -0.2) is 0 Å². The van der Waals surface area contributed by atoms with E-state index in [4.69, 9.17) is 5.73 Å². The minimum absolute atomic E-state index is 0.331. The molecule has 0 amide bonds. The van der Waals surface area contributed by atoms with Crippen molar-refractivity contribution in [1.82, 2.24) is 9.88 Å². The third-order valence-corrected chi connectivity index (χ3v) is 4.49. The van der Waals surface area contributed by atoms with E-state index in [1.54, 1.807) is 0 Å². The summed E-state index contributed by atoms with van der Waals surface area (Å²) >= 11 is 0. The largest absolute Gasteiger partial charge is 0.372 e. The van der Waals surface area contributed by atoms with E-state index in [9.17, 15) is 0 Å². The van der Waals surface area contributed by atoms with E-state index in [0.29, 0.717) is 12.1 Å². The van der Waals surface area contributed by atoms with Gasteiger partial charge >= 0.3 is 0 Å². The Kier molecular flexibility index (Phi) is 4.11. The SMILES string of the molecule is Cc1cc(N(C)CC2(N(C)C)CCC2)c(CN)cn1. The van der Waals surface area contributed by atoms with E-state index < -0.39 is 0 Å². The smallest absolute Gasteiger partial charge is 0.0443 e. The monoisotopic (exact) mass is 262 g/mol. The number of aromatic nitrogens is 1. The first-order valence-corrected chi connectivity index (χ1v) is 7.03. The van der Waals surface area contributed by atoms with Crippen molar-refractivity contribution >= 4 is 5.69 Å². The van der Waals surface area contributed by atoms with E-state index in [2.05, 4.69) is 42.0 Å². The highest BCUT2D eigenvalue weighted by Crippen LogP contribution is 2.37. The molecule has 1 aliphatic rings. The fourth-order valence-electron chi connectivity index (χ4n) is 2.94. The lowest BCUT2D eigenvalue weighted by molar-refractivity contribution is 0.0683. The van der Waals surface area contributed by atoms with Gasteiger partial charge in [0.25, 0.3) is 0 Å². The molecule has 1 aliphatic carbocycles. The Morgan fingerprint density at radius 2 is 2.00 bits per heavy atom. The summed E-state index contributed by atoms with van der Waals surface area (Å²) in [5.41, 5.74) is 9.56. The predicted molar refractivity (Wildman–Crippen MR) is 80.4 cm³/mol. The lowest BCUT2D eigenvalue weighted by Gasteiger charge is -2.49. The van der Waals surface area contributed by atoms with E-state index in [1.807, 2.05) is 13.1 Å². The number of rotatable bonds is 5. The van der Waals surface area contributed by atoms with E-state index in [1.165, 1.54) is 24.9 Å². The standard InChI is InChI=1S/C15H26N4/c1-12-8-14(13(9-16)10-17-12)19(4)11-15(18(2)3)6-5-7-15/h8,10H,5-7,9,11,16H2,1-4H3. The van der Waals surface area contributed by atoms with Gasteiger partial charge in [0.15, 0.2) is 0 Å². The zero-order valence-corrected chi connectivity index (χ0v) is 12.6. The van der Waals surface area contributed by atoms with Gasteiger partial charge < -0.3 is 15.5 Å². The fourth-order valence-corrected chi connectivity index (χ4v) is 2.94. The summed E-state index contributed by atoms with van der Waals surface area (Å²) in [6.07, 6.45) is 5.81. The Morgan fingerprint density at radius 3 is 2.47 bits per heavy atom. The van der Waals surface area contributed by atoms with E-state index in [-0.39, 0.29) is 0 Å². The van der Waals surface area contributed by atoms with Crippen LogP contribution in [0, 0.1) is 6.92 Å². The van der Waals surface area contributed by atoms with Crippen LogP contribution in [0.1, 0.15) is 30.5 Å². The summed E-state index contributed by atoms with van der Waals surface area (Å²) in [6.45, 7) is 3.63. The van der Waals surface area contributed by atoms with Gasteiger partial charge in [0, 0.05) is 48.8 Å². The molecule has 1 fully saturated rings. The first-order chi connectivity index (χ1) is 8.98. The lowest BCUT2D eigenvalue weighted by atomic mass is 9.75. The van der Waals surface area contributed by atoms with Gasteiger partial charge in [-0.3, -0.25) is 4.98 Å². The first kappa shape index (κ1) is 14.3. The molecule has 0 bridgehead atoms. The zero-order chi connectivity index (χ0) is 14.0. The maximum atomic E-state index is 5.83. The van der Waals surface area contributed by atoms with Gasteiger partial charge in [0.1, 0.15) is 0 Å². The average Bonchev–Trinajstić information content (AvgIpc) is 2.33. The molecule has 0 saturated heterocycles. The van der Waals surface area contributed by atoms with Crippen LogP contribution in [-0.2, 0) is 6.54 Å². The quantitative estimate of drug-likeness (QED) is 0.878. The molecule has 0 atom stereocenters. The van der Waals surface area contributed by atoms with Crippen LogP contribution in [0.15, 0.2) is 12.3 Å². The molecule has 4 nitrogen and oxygen atoms in total. The first-order valence-electron chi connectivity index (χ1n) is 7.03. The van der Waals surface area contributed by atoms with Crippen LogP contribution < -0.4 is 10.6 Å². The van der Waals surface area contributed by atoms with Crippen molar-refractivity contribution in [3.8, 4) is 0 Å². The molecule has 0 spiro atoms. The van der Waals surface area contributed by atoms with Crippen LogP contribution in [0.25, 0.3) is 0 Å². The highest BCUT2D eigenvalue weighted by atomic mass is 15.2. The minimum Gasteiger partial charge on any atom is -0.372 e. The number of aryl methyl sites for hydroxylation is 1. The van der Waals surface area contributed by atoms with E-state index in [0.717, 1.165) is 17.8 Å². The lowest BCUT2D eigenvalue weighted by Crippen LogP contribution is -2.56. The van der Waals surface area contributed by atoms with Crippen molar-refractivity contribution in [2.24, 2.45) is 5.73 Å². The van der Waals surface area contributed by atoms with Crippen LogP contribution in [-0.4, -0.2) is 43.1 Å². The van der Waals surface area contributed by atoms with Gasteiger partial charge in [-0.2, -0.15) is 0 Å². The molecule has 1 aromatic rings. The number of nitrogens with two attached hydrogens (primary N) is 1. The van der Waals surface area contributed by atoms with Gasteiger partial charge in [0.2, 0.25) is 0 Å². The van der Waals surface area contributed by atoms with Crippen molar-refractivity contribution in [2.45, 2.75) is 38.3 Å². The van der Waals surface area contributed by atoms with Crippen LogP contribution >= 0.6 is 0 Å². The zero-order valence-electron chi connectivity index (χ0n) is 12.6. The Hall–Kier alpha value is -1.13. The molecule has 1 saturated carbocycles. The van der Waals surface area contributed by atoms with Gasteiger partial charge in [-0.15, -0.1) is 0 Å². The topological polar surface area (TPSA) is 45.4 Å². The molecule has 1 heterocycles. The van der Waals surface area contributed by atoms with Crippen molar-refractivity contribution in [3.63, 3.8) is 0 Å². The third kappa shape index (κ3) is 2.74. The second-order valence-corrected chi connectivity index (χ2v) is 5.99. The van der Waals surface area contributed by atoms with Crippen LogP contribution in [0.2, 0.25) is 0 Å². The minimum atomic E-state index is 0.331. The number of hydrogen-bond acceptors (Lipinski definition) is 4. The van der Waals surface area contributed by atoms with Gasteiger partial charge in [-0.1, -0.05) is 0 Å². The number of anilines is 1. The molecule has 19 heavy (non-hydrogen) atoms. The highest BCUT2D eigenvalue weighted by Gasteiger charge is 2.40. The number of pyridine rings is 1. The molecule has 2 rings (SSSR count). The molecular weight excluding hydrogens is 236 g/mol. The van der Waals surface area contributed by atoms with Crippen molar-refractivity contribution in [1.29, 1.82) is 0 Å².